The van der Waals surface area contributed by atoms with E-state index in [1.54, 1.807) is 18.4 Å². The van der Waals surface area contributed by atoms with Crippen molar-refractivity contribution in [1.29, 1.82) is 0 Å². The molecule has 0 fully saturated rings. The van der Waals surface area contributed by atoms with E-state index in [9.17, 15) is 4.79 Å². The van der Waals surface area contributed by atoms with Crippen molar-refractivity contribution in [2.75, 3.05) is 14.1 Å². The Hall–Kier alpha value is -0.220. The number of nitrogens with one attached hydrogen (secondary N) is 1. The van der Waals surface area contributed by atoms with Crippen LogP contribution < -0.4 is 5.73 Å². The molecule has 0 aliphatic rings. The minimum absolute atomic E-state index is 0.620. The first kappa shape index (κ1) is 6.78. The Labute approximate surface area is 47.0 Å². The Balaban J connectivity index is 3.13. The molecule has 0 aromatic rings. The van der Waals surface area contributed by atoms with E-state index in [4.69, 9.17) is 5.73 Å². The second kappa shape index (κ2) is 2.87. The highest BCUT2D eigenvalue weighted by Crippen LogP contribution is 2.00. The minimum atomic E-state index is -0.620. The highest BCUT2D eigenvalue weighted by Gasteiger charge is 1.94. The zero-order chi connectivity index (χ0) is 5.86. The molecule has 0 aliphatic heterocycles. The molecule has 1 radical (unpaired) electrons. The third-order valence-electron chi connectivity index (χ3n) is 0.265. The minimum Gasteiger partial charge on any atom is -0.259 e. The van der Waals surface area contributed by atoms with Crippen molar-refractivity contribution in [3.05, 3.63) is 0 Å². The van der Waals surface area contributed by atoms with Gasteiger partial charge in [-0.25, -0.2) is 4.31 Å². The molecule has 7 heavy (non-hydrogen) atoms. The van der Waals surface area contributed by atoms with Crippen molar-refractivity contribution in [1.82, 2.24) is 10.0 Å². The van der Waals surface area contributed by atoms with E-state index in [2.05, 4.69) is 0 Å². The Morgan fingerprint density at radius 1 is 1.71 bits per heavy atom. The van der Waals surface area contributed by atoms with E-state index < -0.39 is 5.24 Å². The number of hydrogen-bond acceptors (Lipinski definition) is 3. The van der Waals surface area contributed by atoms with Crippen molar-refractivity contribution in [3.63, 3.8) is 0 Å². The molecule has 3 nitrogen and oxygen atoms in total. The van der Waals surface area contributed by atoms with Crippen molar-refractivity contribution < 1.29 is 4.79 Å². The lowest BCUT2D eigenvalue weighted by Gasteiger charge is -2.00. The van der Waals surface area contributed by atoms with Gasteiger partial charge in [0.15, 0.2) is 0 Å². The smallest absolute Gasteiger partial charge is 0.259 e. The summed E-state index contributed by atoms with van der Waals surface area (Å²) in [5, 5.41) is -0.620. The van der Waals surface area contributed by atoms with Gasteiger partial charge in [-0.15, -0.1) is 0 Å². The zero-order valence-electron chi connectivity index (χ0n) is 4.26. The normalized spacial score (nSPS) is 9.57. The lowest BCUT2D eigenvalue weighted by Crippen LogP contribution is -2.04. The molecule has 0 saturated heterocycles. The summed E-state index contributed by atoms with van der Waals surface area (Å²) in [4.78, 5) is 9.84. The molecule has 0 spiro atoms. The predicted octanol–water partition coefficient (Wildman–Crippen LogP) is 0.599. The van der Waals surface area contributed by atoms with E-state index in [-0.39, 0.29) is 0 Å². The molecule has 0 aromatic heterocycles. The molecule has 0 bridgehead atoms. The Morgan fingerprint density at radius 2 is 2.14 bits per heavy atom. The average Bonchev–Trinajstić information content (AvgIpc) is 1.27. The topological polar surface area (TPSA) is 44.1 Å². The van der Waals surface area contributed by atoms with Gasteiger partial charge in [0.25, 0.3) is 0 Å². The van der Waals surface area contributed by atoms with Crippen LogP contribution in [0, 0.1) is 0 Å². The molecule has 0 unspecified atom stereocenters. The third-order valence-corrected chi connectivity index (χ3v) is 0.796. The molecular weight excluding hydrogens is 112 g/mol. The lowest BCUT2D eigenvalue weighted by molar-refractivity contribution is 0.265. The summed E-state index contributed by atoms with van der Waals surface area (Å²) in [5.74, 6) is 0. The van der Waals surface area contributed by atoms with E-state index in [1.807, 2.05) is 0 Å². The van der Waals surface area contributed by atoms with Gasteiger partial charge in [-0.05, 0) is 14.1 Å². The van der Waals surface area contributed by atoms with Gasteiger partial charge in [-0.2, -0.15) is 0 Å². The molecule has 0 aliphatic carbocycles. The van der Waals surface area contributed by atoms with Crippen molar-refractivity contribution >= 4 is 17.2 Å². The second-order valence-electron chi connectivity index (χ2n) is 1.19. The van der Waals surface area contributed by atoms with E-state index in [1.165, 1.54) is 0 Å². The Bertz CT molecular complexity index is 73.3. The quantitative estimate of drug-likeness (QED) is 0.475. The van der Waals surface area contributed by atoms with Crippen LogP contribution in [-0.4, -0.2) is 23.6 Å². The maximum Gasteiger partial charge on any atom is 0.312 e. The summed E-state index contributed by atoms with van der Waals surface area (Å²) < 4.78 is 1.58. The summed E-state index contributed by atoms with van der Waals surface area (Å²) in [7, 11) is 3.44. The molecule has 0 saturated carbocycles. The van der Waals surface area contributed by atoms with Gasteiger partial charge in [-0.1, -0.05) is 0 Å². The second-order valence-corrected chi connectivity index (χ2v) is 2.47. The standard InChI is InChI=1S/C3H7N2OS/c1-5(2)7-3(4)6/h4H,1-2H3. The van der Waals surface area contributed by atoms with Crippen LogP contribution in [0.2, 0.25) is 0 Å². The van der Waals surface area contributed by atoms with Crippen LogP contribution >= 0.6 is 11.9 Å². The molecule has 0 heterocycles. The fourth-order valence-electron chi connectivity index (χ4n) is 0.166. The largest absolute Gasteiger partial charge is 0.312 e. The van der Waals surface area contributed by atoms with Crippen molar-refractivity contribution in [3.8, 4) is 0 Å². The van der Waals surface area contributed by atoms with Crippen LogP contribution in [0.5, 0.6) is 0 Å². The molecular formula is C3H7N2OS. The summed E-state index contributed by atoms with van der Waals surface area (Å²) in [6.07, 6.45) is 0. The van der Waals surface area contributed by atoms with Crippen LogP contribution in [0.15, 0.2) is 0 Å². The Morgan fingerprint density at radius 3 is 2.14 bits per heavy atom. The number of carbonyl (C=O) groups excluding carboxylic acids is 1. The number of carbonyl (C=O) groups is 1. The van der Waals surface area contributed by atoms with E-state index in [0.29, 0.717) is 0 Å². The van der Waals surface area contributed by atoms with Crippen molar-refractivity contribution in [2.24, 2.45) is 0 Å². The lowest BCUT2D eigenvalue weighted by atomic mass is 11.3. The molecule has 4 heteroatoms. The SMILES string of the molecule is CN(C)SC([NH])=O. The molecule has 1 amide bonds. The fraction of sp³-hybridized carbons (Fsp3) is 0.667. The van der Waals surface area contributed by atoms with E-state index in [0.717, 1.165) is 11.9 Å². The highest BCUT2D eigenvalue weighted by atomic mass is 32.2. The summed E-state index contributed by atoms with van der Waals surface area (Å²) in [6.45, 7) is 0. The zero-order valence-corrected chi connectivity index (χ0v) is 5.08. The first-order valence-corrected chi connectivity index (χ1v) is 2.51. The average molecular weight is 119 g/mol. The van der Waals surface area contributed by atoms with Gasteiger partial charge < -0.3 is 0 Å². The Kier molecular flexibility index (Phi) is 2.78. The van der Waals surface area contributed by atoms with Crippen molar-refractivity contribution in [2.45, 2.75) is 0 Å². The third kappa shape index (κ3) is 5.78. The first-order chi connectivity index (χ1) is 3.13. The van der Waals surface area contributed by atoms with Gasteiger partial charge in [-0.3, -0.25) is 10.5 Å². The number of hydrogen-bond donors (Lipinski definition) is 0. The number of amides is 1. The number of nitrogens with zero attached hydrogens (tertiary/aromatic N) is 1. The summed E-state index contributed by atoms with van der Waals surface area (Å²) in [6, 6.07) is 0. The summed E-state index contributed by atoms with van der Waals surface area (Å²) >= 11 is 0.870. The molecule has 1 N–H and O–H groups in total. The maximum atomic E-state index is 9.84. The van der Waals surface area contributed by atoms with Crippen LogP contribution in [0.1, 0.15) is 0 Å². The highest BCUT2D eigenvalue weighted by molar-refractivity contribution is 8.11. The van der Waals surface area contributed by atoms with Gasteiger partial charge in [0.1, 0.15) is 0 Å². The van der Waals surface area contributed by atoms with Gasteiger partial charge >= 0.3 is 5.24 Å². The van der Waals surface area contributed by atoms with Gasteiger partial charge in [0.05, 0.1) is 0 Å². The molecule has 0 aromatic carbocycles. The van der Waals surface area contributed by atoms with Gasteiger partial charge in [0, 0.05) is 11.9 Å². The molecule has 0 rings (SSSR count). The van der Waals surface area contributed by atoms with E-state index >= 15 is 0 Å². The predicted molar refractivity (Wildman–Crippen MR) is 29.8 cm³/mol. The van der Waals surface area contributed by atoms with Crippen LogP contribution in [0.4, 0.5) is 4.79 Å². The maximum absolute atomic E-state index is 9.84. The van der Waals surface area contributed by atoms with Crippen LogP contribution in [0.3, 0.4) is 0 Å². The monoisotopic (exact) mass is 119 g/mol. The van der Waals surface area contributed by atoms with Gasteiger partial charge in [0.2, 0.25) is 0 Å². The molecule has 41 valence electrons. The molecule has 0 atom stereocenters. The first-order valence-electron chi connectivity index (χ1n) is 1.74. The summed E-state index contributed by atoms with van der Waals surface area (Å²) in [5.41, 5.74) is 6.39. The van der Waals surface area contributed by atoms with Crippen LogP contribution in [0.25, 0.3) is 0 Å². The van der Waals surface area contributed by atoms with Crippen LogP contribution in [-0.2, 0) is 0 Å². The number of rotatable bonds is 1. The fourth-order valence-corrected chi connectivity index (χ4v) is 0.497.